The molecular formula is C14H11ClFN3O. The maximum absolute atomic E-state index is 13.8. The highest BCUT2D eigenvalue weighted by Gasteiger charge is 2.20. The van der Waals surface area contributed by atoms with Gasteiger partial charge in [0.1, 0.15) is 23.2 Å². The highest BCUT2D eigenvalue weighted by atomic mass is 35.5. The van der Waals surface area contributed by atoms with E-state index in [1.807, 2.05) is 0 Å². The molecule has 4 nitrogen and oxygen atoms in total. The summed E-state index contributed by atoms with van der Waals surface area (Å²) in [6, 6.07) is 8.02. The highest BCUT2D eigenvalue weighted by molar-refractivity contribution is 6.31. The molecule has 0 spiro atoms. The van der Waals surface area contributed by atoms with Gasteiger partial charge in [0, 0.05) is 22.2 Å². The summed E-state index contributed by atoms with van der Waals surface area (Å²) < 4.78 is 19.5. The molecule has 2 aromatic heterocycles. The zero-order valence-corrected chi connectivity index (χ0v) is 11.1. The topological polar surface area (TPSA) is 64.1 Å². The predicted octanol–water partition coefficient (Wildman–Crippen LogP) is 3.17. The molecule has 0 saturated heterocycles. The number of hydrazine groups is 1. The monoisotopic (exact) mass is 291 g/mol. The summed E-state index contributed by atoms with van der Waals surface area (Å²) in [6.07, 6.45) is 2.64. The van der Waals surface area contributed by atoms with Gasteiger partial charge in [0.15, 0.2) is 0 Å². The molecule has 0 amide bonds. The number of rotatable bonds is 3. The number of benzene rings is 1. The van der Waals surface area contributed by atoms with Crippen LogP contribution in [0.1, 0.15) is 17.4 Å². The first-order chi connectivity index (χ1) is 9.69. The Morgan fingerprint density at radius 2 is 2.15 bits per heavy atom. The SMILES string of the molecule is NNC(c1cc2cc(Cl)ccc2o1)c1ccncc1F. The number of hydrogen-bond acceptors (Lipinski definition) is 4. The molecule has 0 aliphatic rings. The summed E-state index contributed by atoms with van der Waals surface area (Å²) in [5, 5.41) is 1.44. The van der Waals surface area contributed by atoms with E-state index in [0.717, 1.165) is 11.6 Å². The molecule has 0 fully saturated rings. The maximum atomic E-state index is 13.8. The van der Waals surface area contributed by atoms with Crippen LogP contribution in [0.4, 0.5) is 4.39 Å². The molecule has 0 aliphatic heterocycles. The lowest BCUT2D eigenvalue weighted by atomic mass is 10.1. The van der Waals surface area contributed by atoms with Crippen molar-refractivity contribution in [2.45, 2.75) is 6.04 Å². The molecule has 102 valence electrons. The van der Waals surface area contributed by atoms with Gasteiger partial charge in [-0.3, -0.25) is 10.8 Å². The Labute approximate surface area is 119 Å². The average Bonchev–Trinajstić information content (AvgIpc) is 2.84. The molecule has 1 atom stereocenters. The molecule has 0 aliphatic carbocycles. The van der Waals surface area contributed by atoms with Crippen LogP contribution >= 0.6 is 11.6 Å². The first-order valence-electron chi connectivity index (χ1n) is 5.93. The van der Waals surface area contributed by atoms with Crippen molar-refractivity contribution in [1.29, 1.82) is 0 Å². The fourth-order valence-electron chi connectivity index (χ4n) is 2.12. The zero-order chi connectivity index (χ0) is 14.1. The predicted molar refractivity (Wildman–Crippen MR) is 74.6 cm³/mol. The van der Waals surface area contributed by atoms with Crippen molar-refractivity contribution in [3.8, 4) is 0 Å². The van der Waals surface area contributed by atoms with Crippen LogP contribution in [0.25, 0.3) is 11.0 Å². The van der Waals surface area contributed by atoms with Crippen LogP contribution in [0.5, 0.6) is 0 Å². The summed E-state index contributed by atoms with van der Waals surface area (Å²) in [5.74, 6) is 5.59. The molecular weight excluding hydrogens is 281 g/mol. The number of hydrogen-bond donors (Lipinski definition) is 2. The van der Waals surface area contributed by atoms with Gasteiger partial charge in [-0.1, -0.05) is 11.6 Å². The van der Waals surface area contributed by atoms with Crippen LogP contribution in [-0.2, 0) is 0 Å². The van der Waals surface area contributed by atoms with E-state index in [2.05, 4.69) is 10.4 Å². The van der Waals surface area contributed by atoms with Gasteiger partial charge in [-0.15, -0.1) is 0 Å². The number of nitrogens with one attached hydrogen (secondary N) is 1. The molecule has 3 aromatic rings. The van der Waals surface area contributed by atoms with Crippen molar-refractivity contribution in [2.24, 2.45) is 5.84 Å². The lowest BCUT2D eigenvalue weighted by Gasteiger charge is -2.13. The Balaban J connectivity index is 2.10. The van der Waals surface area contributed by atoms with E-state index in [-0.39, 0.29) is 0 Å². The largest absolute Gasteiger partial charge is 0.459 e. The Kier molecular flexibility index (Phi) is 3.40. The van der Waals surface area contributed by atoms with Gasteiger partial charge >= 0.3 is 0 Å². The smallest absolute Gasteiger partial charge is 0.146 e. The second-order valence-electron chi connectivity index (χ2n) is 4.33. The lowest BCUT2D eigenvalue weighted by molar-refractivity contribution is 0.461. The molecule has 20 heavy (non-hydrogen) atoms. The van der Waals surface area contributed by atoms with E-state index in [9.17, 15) is 4.39 Å². The third kappa shape index (κ3) is 2.27. The molecule has 2 heterocycles. The second-order valence-corrected chi connectivity index (χ2v) is 4.76. The Morgan fingerprint density at radius 1 is 1.30 bits per heavy atom. The van der Waals surface area contributed by atoms with E-state index in [0.29, 0.717) is 21.9 Å². The number of aromatic nitrogens is 1. The molecule has 3 rings (SSSR count). The van der Waals surface area contributed by atoms with Crippen LogP contribution in [0.3, 0.4) is 0 Å². The van der Waals surface area contributed by atoms with Crippen molar-refractivity contribution in [2.75, 3.05) is 0 Å². The summed E-state index contributed by atoms with van der Waals surface area (Å²) in [5.41, 5.74) is 3.59. The molecule has 0 radical (unpaired) electrons. The highest BCUT2D eigenvalue weighted by Crippen LogP contribution is 2.30. The van der Waals surface area contributed by atoms with Crippen LogP contribution in [-0.4, -0.2) is 4.98 Å². The third-order valence-electron chi connectivity index (χ3n) is 3.06. The van der Waals surface area contributed by atoms with Gasteiger partial charge in [0.2, 0.25) is 0 Å². The summed E-state index contributed by atoms with van der Waals surface area (Å²) in [7, 11) is 0. The number of furan rings is 1. The Morgan fingerprint density at radius 3 is 2.90 bits per heavy atom. The first-order valence-corrected chi connectivity index (χ1v) is 6.31. The standard InChI is InChI=1S/C14H11ClFN3O/c15-9-1-2-12-8(5-9)6-13(20-12)14(19-17)10-3-4-18-7-11(10)16/h1-7,14,19H,17H2. The second kappa shape index (κ2) is 5.20. The van der Waals surface area contributed by atoms with Gasteiger partial charge in [-0.25, -0.2) is 9.82 Å². The molecule has 0 bridgehead atoms. The maximum Gasteiger partial charge on any atom is 0.146 e. The third-order valence-corrected chi connectivity index (χ3v) is 3.30. The minimum absolute atomic E-state index is 0.368. The normalized spacial score (nSPS) is 12.8. The van der Waals surface area contributed by atoms with Crippen molar-refractivity contribution >= 4 is 22.6 Å². The van der Waals surface area contributed by atoms with Gasteiger partial charge in [0.25, 0.3) is 0 Å². The first kappa shape index (κ1) is 13.1. The van der Waals surface area contributed by atoms with Gasteiger partial charge in [0.05, 0.1) is 6.20 Å². The number of nitrogens with two attached hydrogens (primary N) is 1. The van der Waals surface area contributed by atoms with Crippen molar-refractivity contribution < 1.29 is 8.81 Å². The van der Waals surface area contributed by atoms with E-state index in [4.69, 9.17) is 21.9 Å². The number of halogens is 2. The minimum Gasteiger partial charge on any atom is -0.459 e. The van der Waals surface area contributed by atoms with Crippen LogP contribution in [0, 0.1) is 5.82 Å². The molecule has 0 saturated carbocycles. The molecule has 3 N–H and O–H groups in total. The summed E-state index contributed by atoms with van der Waals surface area (Å²) >= 11 is 5.93. The van der Waals surface area contributed by atoms with Crippen molar-refractivity contribution in [1.82, 2.24) is 10.4 Å². The fraction of sp³-hybridized carbons (Fsp3) is 0.0714. The molecule has 6 heteroatoms. The zero-order valence-electron chi connectivity index (χ0n) is 10.3. The van der Waals surface area contributed by atoms with E-state index in [1.165, 1.54) is 6.20 Å². The minimum atomic E-state index is -0.593. The van der Waals surface area contributed by atoms with Crippen molar-refractivity contribution in [3.63, 3.8) is 0 Å². The van der Waals surface area contributed by atoms with E-state index >= 15 is 0 Å². The molecule has 1 aromatic carbocycles. The summed E-state index contributed by atoms with van der Waals surface area (Å²) in [6.45, 7) is 0. The van der Waals surface area contributed by atoms with Gasteiger partial charge in [-0.05, 0) is 30.3 Å². The molecule has 1 unspecified atom stereocenters. The quantitative estimate of drug-likeness (QED) is 0.575. The van der Waals surface area contributed by atoms with Crippen LogP contribution in [0.15, 0.2) is 47.1 Å². The average molecular weight is 292 g/mol. The Bertz CT molecular complexity index is 759. The Hall–Kier alpha value is -1.95. The number of fused-ring (bicyclic) bond motifs is 1. The number of nitrogens with zero attached hydrogens (tertiary/aromatic N) is 1. The van der Waals surface area contributed by atoms with E-state index in [1.54, 1.807) is 30.3 Å². The van der Waals surface area contributed by atoms with Crippen molar-refractivity contribution in [3.05, 3.63) is 64.9 Å². The van der Waals surface area contributed by atoms with Gasteiger partial charge < -0.3 is 4.42 Å². The van der Waals surface area contributed by atoms with Gasteiger partial charge in [-0.2, -0.15) is 0 Å². The lowest BCUT2D eigenvalue weighted by Crippen LogP contribution is -2.29. The number of pyridine rings is 1. The fourth-order valence-corrected chi connectivity index (χ4v) is 2.30. The van der Waals surface area contributed by atoms with E-state index < -0.39 is 11.9 Å². The van der Waals surface area contributed by atoms with Crippen LogP contribution < -0.4 is 11.3 Å². The van der Waals surface area contributed by atoms with Crippen LogP contribution in [0.2, 0.25) is 5.02 Å². The summed E-state index contributed by atoms with van der Waals surface area (Å²) in [4.78, 5) is 3.72.